The fourth-order valence-electron chi connectivity index (χ4n) is 1.74. The molecule has 4 nitrogen and oxygen atoms in total. The van der Waals surface area contributed by atoms with Gasteiger partial charge in [0.2, 0.25) is 0 Å². The van der Waals surface area contributed by atoms with E-state index in [0.717, 1.165) is 12.8 Å². The third kappa shape index (κ3) is 4.10. The van der Waals surface area contributed by atoms with Crippen molar-refractivity contribution in [1.82, 2.24) is 4.90 Å². The Kier molecular flexibility index (Phi) is 4.33. The van der Waals surface area contributed by atoms with Crippen molar-refractivity contribution < 1.29 is 14.6 Å². The number of carbonyl (C=O) groups is 1. The van der Waals surface area contributed by atoms with Crippen molar-refractivity contribution in [3.05, 3.63) is 0 Å². The smallest absolute Gasteiger partial charge is 0.323 e. The van der Waals surface area contributed by atoms with E-state index >= 15 is 0 Å². The molecule has 94 valence electrons. The number of aliphatic hydroxyl groups is 1. The van der Waals surface area contributed by atoms with Gasteiger partial charge < -0.3 is 9.84 Å². The molecule has 4 heteroatoms. The van der Waals surface area contributed by atoms with Crippen LogP contribution >= 0.6 is 0 Å². The van der Waals surface area contributed by atoms with Crippen LogP contribution in [0.15, 0.2) is 0 Å². The van der Waals surface area contributed by atoms with Crippen LogP contribution in [-0.4, -0.2) is 46.8 Å². The number of nitrogens with zero attached hydrogens (tertiary/aromatic N) is 1. The minimum Gasteiger partial charge on any atom is -0.459 e. The minimum absolute atomic E-state index is 0.0869. The van der Waals surface area contributed by atoms with Crippen LogP contribution < -0.4 is 0 Å². The van der Waals surface area contributed by atoms with Crippen LogP contribution in [0, 0.1) is 0 Å². The standard InChI is InChI=1S/C12H23NO3/c1-9(11(15)16-12(2,3)4)13(7-8-14)10-5-6-10/h9-10,14H,5-8H2,1-4H3. The van der Waals surface area contributed by atoms with Gasteiger partial charge in [-0.1, -0.05) is 0 Å². The number of hydrogen-bond acceptors (Lipinski definition) is 4. The van der Waals surface area contributed by atoms with Gasteiger partial charge in [0.25, 0.3) is 0 Å². The van der Waals surface area contributed by atoms with E-state index in [9.17, 15) is 4.79 Å². The quantitative estimate of drug-likeness (QED) is 0.719. The van der Waals surface area contributed by atoms with Crippen LogP contribution in [0.1, 0.15) is 40.5 Å². The van der Waals surface area contributed by atoms with E-state index in [-0.39, 0.29) is 18.6 Å². The first kappa shape index (κ1) is 13.5. The van der Waals surface area contributed by atoms with Gasteiger partial charge in [0.05, 0.1) is 6.61 Å². The Hall–Kier alpha value is -0.610. The van der Waals surface area contributed by atoms with Crippen molar-refractivity contribution in [2.45, 2.75) is 58.2 Å². The van der Waals surface area contributed by atoms with Crippen LogP contribution in [0.3, 0.4) is 0 Å². The molecule has 0 aromatic heterocycles. The SMILES string of the molecule is CC(C(=O)OC(C)(C)C)N(CCO)C1CC1. The highest BCUT2D eigenvalue weighted by Crippen LogP contribution is 2.28. The predicted molar refractivity (Wildman–Crippen MR) is 62.1 cm³/mol. The zero-order valence-corrected chi connectivity index (χ0v) is 10.7. The Morgan fingerprint density at radius 3 is 2.44 bits per heavy atom. The maximum atomic E-state index is 11.9. The van der Waals surface area contributed by atoms with Gasteiger partial charge in [-0.3, -0.25) is 9.69 Å². The zero-order valence-electron chi connectivity index (χ0n) is 10.7. The zero-order chi connectivity index (χ0) is 12.3. The van der Waals surface area contributed by atoms with Crippen molar-refractivity contribution in [3.63, 3.8) is 0 Å². The molecule has 0 aliphatic heterocycles. The number of ether oxygens (including phenoxy) is 1. The molecular weight excluding hydrogens is 206 g/mol. The summed E-state index contributed by atoms with van der Waals surface area (Å²) in [6.45, 7) is 8.08. The molecule has 1 saturated carbocycles. The fraction of sp³-hybridized carbons (Fsp3) is 0.917. The number of carbonyl (C=O) groups excluding carboxylic acids is 1. The van der Waals surface area contributed by atoms with Crippen molar-refractivity contribution in [3.8, 4) is 0 Å². The molecule has 0 aromatic rings. The van der Waals surface area contributed by atoms with Gasteiger partial charge in [-0.2, -0.15) is 0 Å². The van der Waals surface area contributed by atoms with Crippen molar-refractivity contribution in [2.75, 3.05) is 13.2 Å². The molecule has 1 aliphatic rings. The fourth-order valence-corrected chi connectivity index (χ4v) is 1.74. The van der Waals surface area contributed by atoms with E-state index in [2.05, 4.69) is 0 Å². The molecule has 0 amide bonds. The van der Waals surface area contributed by atoms with E-state index in [1.54, 1.807) is 0 Å². The molecule has 1 aliphatic carbocycles. The van der Waals surface area contributed by atoms with Crippen molar-refractivity contribution in [1.29, 1.82) is 0 Å². The summed E-state index contributed by atoms with van der Waals surface area (Å²) in [6, 6.07) is 0.188. The molecular formula is C12H23NO3. The molecule has 1 rings (SSSR count). The van der Waals surface area contributed by atoms with Gasteiger partial charge in [-0.05, 0) is 40.5 Å². The summed E-state index contributed by atoms with van der Waals surface area (Å²) in [5.74, 6) is -0.201. The third-order valence-electron chi connectivity index (χ3n) is 2.62. The van der Waals surface area contributed by atoms with Gasteiger partial charge >= 0.3 is 5.97 Å². The molecule has 0 heterocycles. The summed E-state index contributed by atoms with van der Waals surface area (Å²) in [6.07, 6.45) is 2.24. The summed E-state index contributed by atoms with van der Waals surface area (Å²) < 4.78 is 5.34. The average Bonchev–Trinajstić information content (AvgIpc) is 2.93. The van der Waals surface area contributed by atoms with E-state index in [1.807, 2.05) is 32.6 Å². The molecule has 1 atom stereocenters. The van der Waals surface area contributed by atoms with E-state index in [4.69, 9.17) is 9.84 Å². The summed E-state index contributed by atoms with van der Waals surface area (Å²) in [7, 11) is 0. The van der Waals surface area contributed by atoms with Gasteiger partial charge in [0.15, 0.2) is 0 Å². The largest absolute Gasteiger partial charge is 0.459 e. The van der Waals surface area contributed by atoms with Crippen LogP contribution in [0.2, 0.25) is 0 Å². The Morgan fingerprint density at radius 2 is 2.06 bits per heavy atom. The minimum atomic E-state index is -0.445. The molecule has 0 bridgehead atoms. The number of esters is 1. The Morgan fingerprint density at radius 1 is 1.50 bits per heavy atom. The van der Waals surface area contributed by atoms with Gasteiger partial charge in [0.1, 0.15) is 11.6 Å². The second kappa shape index (κ2) is 5.15. The van der Waals surface area contributed by atoms with E-state index in [1.165, 1.54) is 0 Å². The maximum Gasteiger partial charge on any atom is 0.323 e. The number of rotatable bonds is 5. The first-order chi connectivity index (χ1) is 7.35. The maximum absolute atomic E-state index is 11.9. The van der Waals surface area contributed by atoms with E-state index in [0.29, 0.717) is 12.6 Å². The topological polar surface area (TPSA) is 49.8 Å². The summed E-state index contributed by atoms with van der Waals surface area (Å²) >= 11 is 0. The van der Waals surface area contributed by atoms with Crippen molar-refractivity contribution in [2.24, 2.45) is 0 Å². The molecule has 0 radical (unpaired) electrons. The molecule has 1 unspecified atom stereocenters. The Labute approximate surface area is 97.6 Å². The average molecular weight is 229 g/mol. The molecule has 1 fully saturated rings. The highest BCUT2D eigenvalue weighted by molar-refractivity contribution is 5.75. The summed E-state index contributed by atoms with van der Waals surface area (Å²) in [4.78, 5) is 13.9. The lowest BCUT2D eigenvalue weighted by atomic mass is 10.2. The monoisotopic (exact) mass is 229 g/mol. The first-order valence-corrected chi connectivity index (χ1v) is 5.94. The molecule has 1 N–H and O–H groups in total. The number of hydrogen-bond donors (Lipinski definition) is 1. The van der Waals surface area contributed by atoms with Crippen LogP contribution in [0.25, 0.3) is 0 Å². The molecule has 0 saturated heterocycles. The van der Waals surface area contributed by atoms with Gasteiger partial charge in [0, 0.05) is 12.6 Å². The highest BCUT2D eigenvalue weighted by Gasteiger charge is 2.36. The summed E-state index contributed by atoms with van der Waals surface area (Å²) in [5, 5.41) is 8.98. The Bertz CT molecular complexity index is 243. The van der Waals surface area contributed by atoms with E-state index < -0.39 is 5.60 Å². The first-order valence-electron chi connectivity index (χ1n) is 5.94. The second-order valence-corrected chi connectivity index (χ2v) is 5.40. The van der Waals surface area contributed by atoms with Crippen LogP contribution in [0.4, 0.5) is 0 Å². The lowest BCUT2D eigenvalue weighted by molar-refractivity contribution is -0.161. The van der Waals surface area contributed by atoms with Crippen LogP contribution in [0.5, 0.6) is 0 Å². The number of aliphatic hydroxyl groups excluding tert-OH is 1. The lowest BCUT2D eigenvalue weighted by Crippen LogP contribution is -2.45. The molecule has 0 aromatic carbocycles. The van der Waals surface area contributed by atoms with Crippen molar-refractivity contribution >= 4 is 5.97 Å². The summed E-state index contributed by atoms with van der Waals surface area (Å²) in [5.41, 5.74) is -0.445. The Balaban J connectivity index is 2.52. The van der Waals surface area contributed by atoms with Gasteiger partial charge in [-0.15, -0.1) is 0 Å². The highest BCUT2D eigenvalue weighted by atomic mass is 16.6. The lowest BCUT2D eigenvalue weighted by Gasteiger charge is -2.29. The third-order valence-corrected chi connectivity index (χ3v) is 2.62. The molecule has 0 spiro atoms. The molecule has 16 heavy (non-hydrogen) atoms. The predicted octanol–water partition coefficient (Wildman–Crippen LogP) is 1.17. The van der Waals surface area contributed by atoms with Crippen LogP contribution in [-0.2, 0) is 9.53 Å². The van der Waals surface area contributed by atoms with Gasteiger partial charge in [-0.25, -0.2) is 0 Å². The normalized spacial score (nSPS) is 18.6. The second-order valence-electron chi connectivity index (χ2n) is 5.40.